The SMILES string of the molecule is O=C(c1cccc2[nH]ccc12)N1CC(n2cc(Br)cn2)C1. The molecule has 1 aliphatic rings. The average Bonchev–Trinajstić information content (AvgIpc) is 3.05. The Labute approximate surface area is 129 Å². The van der Waals surface area contributed by atoms with Gasteiger partial charge >= 0.3 is 0 Å². The molecule has 6 heteroatoms. The lowest BCUT2D eigenvalue weighted by molar-refractivity contribution is 0.0503. The van der Waals surface area contributed by atoms with Crippen LogP contribution in [0.2, 0.25) is 0 Å². The van der Waals surface area contributed by atoms with E-state index in [1.165, 1.54) is 0 Å². The van der Waals surface area contributed by atoms with Gasteiger partial charge in [-0.1, -0.05) is 6.07 Å². The number of hydrogen-bond acceptors (Lipinski definition) is 2. The number of likely N-dealkylation sites (tertiary alicyclic amines) is 1. The molecule has 0 radical (unpaired) electrons. The number of H-pyrrole nitrogens is 1. The van der Waals surface area contributed by atoms with E-state index < -0.39 is 0 Å². The number of rotatable bonds is 2. The number of halogens is 1. The van der Waals surface area contributed by atoms with E-state index in [0.717, 1.165) is 20.9 Å². The Morgan fingerprint density at radius 1 is 1.33 bits per heavy atom. The molecule has 4 rings (SSSR count). The van der Waals surface area contributed by atoms with Gasteiger partial charge in [-0.3, -0.25) is 9.48 Å². The number of amides is 1. The van der Waals surface area contributed by atoms with E-state index in [9.17, 15) is 4.79 Å². The summed E-state index contributed by atoms with van der Waals surface area (Å²) >= 11 is 3.39. The van der Waals surface area contributed by atoms with Crippen molar-refractivity contribution in [3.05, 3.63) is 52.9 Å². The lowest BCUT2D eigenvalue weighted by Crippen LogP contribution is -2.50. The van der Waals surface area contributed by atoms with Crippen molar-refractivity contribution in [2.45, 2.75) is 6.04 Å². The molecule has 106 valence electrons. The predicted octanol–water partition coefficient (Wildman–Crippen LogP) is 2.82. The van der Waals surface area contributed by atoms with Crippen LogP contribution in [-0.4, -0.2) is 38.7 Å². The molecule has 2 aromatic heterocycles. The lowest BCUT2D eigenvalue weighted by Gasteiger charge is -2.39. The first-order chi connectivity index (χ1) is 10.2. The van der Waals surface area contributed by atoms with Gasteiger partial charge in [0.1, 0.15) is 0 Å². The van der Waals surface area contributed by atoms with Gasteiger partial charge in [0.2, 0.25) is 0 Å². The third-order valence-electron chi connectivity index (χ3n) is 3.92. The summed E-state index contributed by atoms with van der Waals surface area (Å²) in [5.74, 6) is 0.0858. The molecule has 0 unspecified atom stereocenters. The lowest BCUT2D eigenvalue weighted by atomic mass is 10.0. The van der Waals surface area contributed by atoms with Gasteiger partial charge in [-0.2, -0.15) is 5.10 Å². The molecule has 0 spiro atoms. The van der Waals surface area contributed by atoms with Gasteiger partial charge in [-0.25, -0.2) is 0 Å². The van der Waals surface area contributed by atoms with Crippen LogP contribution in [0.3, 0.4) is 0 Å². The van der Waals surface area contributed by atoms with Crippen molar-refractivity contribution in [1.29, 1.82) is 0 Å². The topological polar surface area (TPSA) is 53.9 Å². The number of carbonyl (C=O) groups is 1. The maximum absolute atomic E-state index is 12.6. The molecule has 1 aliphatic heterocycles. The fourth-order valence-electron chi connectivity index (χ4n) is 2.75. The Bertz CT molecular complexity index is 816. The van der Waals surface area contributed by atoms with Crippen LogP contribution >= 0.6 is 15.9 Å². The third-order valence-corrected chi connectivity index (χ3v) is 4.33. The third kappa shape index (κ3) is 2.06. The number of fused-ring (bicyclic) bond motifs is 1. The van der Waals surface area contributed by atoms with Crippen LogP contribution in [0, 0.1) is 0 Å². The van der Waals surface area contributed by atoms with Crippen LogP contribution in [0.4, 0.5) is 0 Å². The summed E-state index contributed by atoms with van der Waals surface area (Å²) in [6.07, 6.45) is 5.58. The van der Waals surface area contributed by atoms with Gasteiger partial charge in [0, 0.05) is 41.9 Å². The number of nitrogens with zero attached hydrogens (tertiary/aromatic N) is 3. The highest BCUT2D eigenvalue weighted by molar-refractivity contribution is 9.10. The Morgan fingerprint density at radius 2 is 2.19 bits per heavy atom. The van der Waals surface area contributed by atoms with Gasteiger partial charge in [-0.15, -0.1) is 0 Å². The predicted molar refractivity (Wildman–Crippen MR) is 83.2 cm³/mol. The number of hydrogen-bond donors (Lipinski definition) is 1. The minimum absolute atomic E-state index is 0.0858. The largest absolute Gasteiger partial charge is 0.361 e. The monoisotopic (exact) mass is 344 g/mol. The zero-order valence-electron chi connectivity index (χ0n) is 11.2. The number of aromatic amines is 1. The minimum atomic E-state index is 0.0858. The van der Waals surface area contributed by atoms with Gasteiger partial charge in [0.15, 0.2) is 0 Å². The van der Waals surface area contributed by atoms with Crippen molar-refractivity contribution in [3.63, 3.8) is 0 Å². The van der Waals surface area contributed by atoms with Gasteiger partial charge in [0.25, 0.3) is 5.91 Å². The number of aromatic nitrogens is 3. The van der Waals surface area contributed by atoms with Crippen LogP contribution in [0.5, 0.6) is 0 Å². The van der Waals surface area contributed by atoms with Crippen LogP contribution in [-0.2, 0) is 0 Å². The Kier molecular flexibility index (Phi) is 2.85. The first kappa shape index (κ1) is 12.6. The highest BCUT2D eigenvalue weighted by Crippen LogP contribution is 2.26. The highest BCUT2D eigenvalue weighted by atomic mass is 79.9. The van der Waals surface area contributed by atoms with Crippen molar-refractivity contribution in [3.8, 4) is 0 Å². The van der Waals surface area contributed by atoms with E-state index in [0.29, 0.717) is 13.1 Å². The molecule has 0 aliphatic carbocycles. The first-order valence-corrected chi connectivity index (χ1v) is 7.57. The van der Waals surface area contributed by atoms with Crippen molar-refractivity contribution in [1.82, 2.24) is 19.7 Å². The van der Waals surface area contributed by atoms with Crippen LogP contribution < -0.4 is 0 Å². The van der Waals surface area contributed by atoms with Crippen LogP contribution in [0.1, 0.15) is 16.4 Å². The molecule has 1 aromatic carbocycles. The highest BCUT2D eigenvalue weighted by Gasteiger charge is 2.33. The maximum atomic E-state index is 12.6. The molecule has 0 bridgehead atoms. The fraction of sp³-hybridized carbons (Fsp3) is 0.200. The molecule has 0 saturated carbocycles. The number of carbonyl (C=O) groups excluding carboxylic acids is 1. The molecule has 3 heterocycles. The summed E-state index contributed by atoms with van der Waals surface area (Å²) in [5.41, 5.74) is 1.75. The van der Waals surface area contributed by atoms with Crippen LogP contribution in [0.15, 0.2) is 47.3 Å². The zero-order chi connectivity index (χ0) is 14.4. The number of nitrogens with one attached hydrogen (secondary N) is 1. The summed E-state index contributed by atoms with van der Waals surface area (Å²) in [6.45, 7) is 1.40. The Hall–Kier alpha value is -2.08. The van der Waals surface area contributed by atoms with E-state index >= 15 is 0 Å². The van der Waals surface area contributed by atoms with E-state index in [4.69, 9.17) is 0 Å². The Balaban J connectivity index is 1.53. The van der Waals surface area contributed by atoms with E-state index in [2.05, 4.69) is 26.0 Å². The Morgan fingerprint density at radius 3 is 2.95 bits per heavy atom. The van der Waals surface area contributed by atoms with E-state index in [1.807, 2.05) is 46.2 Å². The van der Waals surface area contributed by atoms with Crippen molar-refractivity contribution >= 4 is 32.7 Å². The summed E-state index contributed by atoms with van der Waals surface area (Å²) < 4.78 is 2.87. The molecule has 3 aromatic rings. The van der Waals surface area contributed by atoms with Gasteiger partial charge in [-0.05, 0) is 34.1 Å². The summed E-state index contributed by atoms with van der Waals surface area (Å²) in [4.78, 5) is 17.6. The average molecular weight is 345 g/mol. The summed E-state index contributed by atoms with van der Waals surface area (Å²) in [7, 11) is 0. The van der Waals surface area contributed by atoms with Crippen molar-refractivity contribution in [2.75, 3.05) is 13.1 Å². The quantitative estimate of drug-likeness (QED) is 0.777. The van der Waals surface area contributed by atoms with E-state index in [-0.39, 0.29) is 11.9 Å². The summed E-state index contributed by atoms with van der Waals surface area (Å²) in [5, 5.41) is 5.25. The summed E-state index contributed by atoms with van der Waals surface area (Å²) in [6, 6.07) is 7.99. The van der Waals surface area contributed by atoms with E-state index in [1.54, 1.807) is 6.20 Å². The molecule has 1 fully saturated rings. The molecule has 21 heavy (non-hydrogen) atoms. The molecular formula is C15H13BrN4O. The maximum Gasteiger partial charge on any atom is 0.254 e. The standard InChI is InChI=1S/C15H13BrN4O/c16-10-6-18-20(7-10)11-8-19(9-11)15(21)13-2-1-3-14-12(13)4-5-17-14/h1-7,11,17H,8-9H2. The fourth-order valence-corrected chi connectivity index (χ4v) is 3.05. The smallest absolute Gasteiger partial charge is 0.254 e. The molecule has 1 saturated heterocycles. The second kappa shape index (κ2) is 4.73. The van der Waals surface area contributed by atoms with Crippen molar-refractivity contribution < 1.29 is 4.79 Å². The van der Waals surface area contributed by atoms with Gasteiger partial charge in [0.05, 0.1) is 16.7 Å². The minimum Gasteiger partial charge on any atom is -0.361 e. The zero-order valence-corrected chi connectivity index (χ0v) is 12.7. The molecular weight excluding hydrogens is 332 g/mol. The van der Waals surface area contributed by atoms with Crippen LogP contribution in [0.25, 0.3) is 10.9 Å². The normalized spacial score (nSPS) is 15.4. The molecule has 1 N–H and O–H groups in total. The van der Waals surface area contributed by atoms with Crippen molar-refractivity contribution in [2.24, 2.45) is 0 Å². The first-order valence-electron chi connectivity index (χ1n) is 6.77. The molecule has 5 nitrogen and oxygen atoms in total. The second-order valence-corrected chi connectivity index (χ2v) is 6.16. The van der Waals surface area contributed by atoms with Gasteiger partial charge < -0.3 is 9.88 Å². The molecule has 1 amide bonds. The second-order valence-electron chi connectivity index (χ2n) is 5.25. The number of benzene rings is 1. The molecule has 0 atom stereocenters.